The molecule has 3 heteroatoms. The van der Waals surface area contributed by atoms with Crippen LogP contribution in [0.5, 0.6) is 0 Å². The van der Waals surface area contributed by atoms with Gasteiger partial charge in [-0.05, 0) is 18.4 Å². The average Bonchev–Trinajstić information content (AvgIpc) is 2.50. The standard InChI is InChI=1S/C8H9N3/c9-4-6-1-2-7-5-10-11-8(7)3-6/h5-6H,1-3H2,(H,10,11)/t6-/m1/s1. The molecule has 3 nitrogen and oxygen atoms in total. The van der Waals surface area contributed by atoms with Gasteiger partial charge in [-0.25, -0.2) is 0 Å². The molecule has 56 valence electrons. The molecule has 0 saturated heterocycles. The van der Waals surface area contributed by atoms with Crippen LogP contribution in [0.4, 0.5) is 0 Å². The Labute approximate surface area is 65.0 Å². The van der Waals surface area contributed by atoms with Crippen LogP contribution in [0.3, 0.4) is 0 Å². The van der Waals surface area contributed by atoms with Crippen LogP contribution in [-0.4, -0.2) is 10.2 Å². The van der Waals surface area contributed by atoms with Gasteiger partial charge in [-0.2, -0.15) is 10.4 Å². The molecular formula is C8H9N3. The van der Waals surface area contributed by atoms with E-state index in [0.29, 0.717) is 0 Å². The Morgan fingerprint density at radius 3 is 3.45 bits per heavy atom. The molecule has 0 saturated carbocycles. The summed E-state index contributed by atoms with van der Waals surface area (Å²) in [6, 6.07) is 2.29. The Morgan fingerprint density at radius 1 is 1.73 bits per heavy atom. The summed E-state index contributed by atoms with van der Waals surface area (Å²) in [7, 11) is 0. The molecule has 1 aromatic rings. The van der Waals surface area contributed by atoms with E-state index in [0.717, 1.165) is 25.0 Å². The molecular weight excluding hydrogens is 138 g/mol. The van der Waals surface area contributed by atoms with E-state index >= 15 is 0 Å². The van der Waals surface area contributed by atoms with E-state index in [1.54, 1.807) is 0 Å². The highest BCUT2D eigenvalue weighted by molar-refractivity contribution is 5.21. The molecule has 1 aromatic heterocycles. The molecule has 0 amide bonds. The maximum atomic E-state index is 8.67. The number of nitrogens with zero attached hydrogens (tertiary/aromatic N) is 2. The lowest BCUT2D eigenvalue weighted by Gasteiger charge is -2.14. The normalized spacial score (nSPS) is 22.3. The summed E-state index contributed by atoms with van der Waals surface area (Å²) in [4.78, 5) is 0. The highest BCUT2D eigenvalue weighted by Gasteiger charge is 2.18. The second kappa shape index (κ2) is 2.39. The fourth-order valence-electron chi connectivity index (χ4n) is 1.52. The lowest BCUT2D eigenvalue weighted by atomic mass is 9.89. The van der Waals surface area contributed by atoms with Crippen LogP contribution in [-0.2, 0) is 12.8 Å². The van der Waals surface area contributed by atoms with Crippen molar-refractivity contribution in [1.82, 2.24) is 10.2 Å². The van der Waals surface area contributed by atoms with Gasteiger partial charge in [-0.15, -0.1) is 0 Å². The van der Waals surface area contributed by atoms with Gasteiger partial charge in [0.05, 0.1) is 18.2 Å². The van der Waals surface area contributed by atoms with Crippen molar-refractivity contribution in [3.8, 4) is 6.07 Å². The number of fused-ring (bicyclic) bond motifs is 1. The summed E-state index contributed by atoms with van der Waals surface area (Å²) in [6.07, 6.45) is 4.71. The first kappa shape index (κ1) is 6.41. The van der Waals surface area contributed by atoms with E-state index in [1.807, 2.05) is 6.20 Å². The number of aromatic amines is 1. The van der Waals surface area contributed by atoms with Gasteiger partial charge in [0.1, 0.15) is 0 Å². The molecule has 0 unspecified atom stereocenters. The number of hydrogen-bond donors (Lipinski definition) is 1. The predicted molar refractivity (Wildman–Crippen MR) is 39.7 cm³/mol. The van der Waals surface area contributed by atoms with Crippen molar-refractivity contribution < 1.29 is 0 Å². The van der Waals surface area contributed by atoms with E-state index in [9.17, 15) is 0 Å². The zero-order valence-electron chi connectivity index (χ0n) is 6.17. The lowest BCUT2D eigenvalue weighted by molar-refractivity contribution is 0.557. The fraction of sp³-hybridized carbons (Fsp3) is 0.500. The third-order valence-corrected chi connectivity index (χ3v) is 2.20. The van der Waals surface area contributed by atoms with Gasteiger partial charge in [-0.1, -0.05) is 0 Å². The van der Waals surface area contributed by atoms with Gasteiger partial charge in [0, 0.05) is 12.1 Å². The van der Waals surface area contributed by atoms with Crippen LogP contribution in [0.2, 0.25) is 0 Å². The molecule has 1 aliphatic carbocycles. The van der Waals surface area contributed by atoms with Crippen LogP contribution >= 0.6 is 0 Å². The van der Waals surface area contributed by atoms with Crippen molar-refractivity contribution in [3.05, 3.63) is 17.5 Å². The smallest absolute Gasteiger partial charge is 0.0659 e. The van der Waals surface area contributed by atoms with Gasteiger partial charge in [0.2, 0.25) is 0 Å². The minimum Gasteiger partial charge on any atom is -0.282 e. The zero-order valence-corrected chi connectivity index (χ0v) is 6.17. The molecule has 1 heterocycles. The number of aryl methyl sites for hydroxylation is 1. The quantitative estimate of drug-likeness (QED) is 0.596. The van der Waals surface area contributed by atoms with E-state index < -0.39 is 0 Å². The average molecular weight is 147 g/mol. The Bertz CT molecular complexity index is 295. The SMILES string of the molecule is N#C[C@@H]1CCc2cn[nH]c2C1. The Kier molecular flexibility index (Phi) is 1.39. The summed E-state index contributed by atoms with van der Waals surface area (Å²) in [5, 5.41) is 15.5. The molecule has 0 aliphatic heterocycles. The minimum atomic E-state index is 0.197. The summed E-state index contributed by atoms with van der Waals surface area (Å²) in [5.41, 5.74) is 2.44. The fourth-order valence-corrected chi connectivity index (χ4v) is 1.52. The number of nitriles is 1. The third-order valence-electron chi connectivity index (χ3n) is 2.20. The number of rotatable bonds is 0. The van der Waals surface area contributed by atoms with Gasteiger partial charge in [0.25, 0.3) is 0 Å². The zero-order chi connectivity index (χ0) is 7.68. The van der Waals surface area contributed by atoms with Crippen molar-refractivity contribution >= 4 is 0 Å². The first-order valence-electron chi connectivity index (χ1n) is 3.81. The van der Waals surface area contributed by atoms with Gasteiger partial charge < -0.3 is 0 Å². The highest BCUT2D eigenvalue weighted by atomic mass is 15.1. The first-order valence-corrected chi connectivity index (χ1v) is 3.81. The van der Waals surface area contributed by atoms with E-state index in [2.05, 4.69) is 16.3 Å². The Hall–Kier alpha value is -1.30. The highest BCUT2D eigenvalue weighted by Crippen LogP contribution is 2.22. The summed E-state index contributed by atoms with van der Waals surface area (Å²) in [5.74, 6) is 0.197. The number of hydrogen-bond acceptors (Lipinski definition) is 2. The Morgan fingerprint density at radius 2 is 2.64 bits per heavy atom. The lowest BCUT2D eigenvalue weighted by Crippen LogP contribution is -2.11. The van der Waals surface area contributed by atoms with Crippen molar-refractivity contribution in [3.63, 3.8) is 0 Å². The number of nitrogens with one attached hydrogen (secondary N) is 1. The molecule has 0 fully saturated rings. The predicted octanol–water partition coefficient (Wildman–Crippen LogP) is 1.04. The van der Waals surface area contributed by atoms with E-state index in [1.165, 1.54) is 5.56 Å². The number of H-pyrrole nitrogens is 1. The Balaban J connectivity index is 2.26. The van der Waals surface area contributed by atoms with Crippen LogP contribution < -0.4 is 0 Å². The van der Waals surface area contributed by atoms with Crippen molar-refractivity contribution in [2.75, 3.05) is 0 Å². The monoisotopic (exact) mass is 147 g/mol. The first-order chi connectivity index (χ1) is 5.40. The molecule has 1 aliphatic rings. The van der Waals surface area contributed by atoms with Crippen LogP contribution in [0.25, 0.3) is 0 Å². The molecule has 1 N–H and O–H groups in total. The molecule has 0 spiro atoms. The van der Waals surface area contributed by atoms with Crippen LogP contribution in [0.15, 0.2) is 6.20 Å². The number of aromatic nitrogens is 2. The molecule has 11 heavy (non-hydrogen) atoms. The molecule has 0 bridgehead atoms. The largest absolute Gasteiger partial charge is 0.282 e. The third kappa shape index (κ3) is 1.01. The van der Waals surface area contributed by atoms with Crippen LogP contribution in [0.1, 0.15) is 17.7 Å². The maximum absolute atomic E-state index is 8.67. The van der Waals surface area contributed by atoms with Crippen molar-refractivity contribution in [2.45, 2.75) is 19.3 Å². The topological polar surface area (TPSA) is 52.5 Å². The van der Waals surface area contributed by atoms with E-state index in [4.69, 9.17) is 5.26 Å². The second-order valence-corrected chi connectivity index (χ2v) is 2.94. The second-order valence-electron chi connectivity index (χ2n) is 2.94. The summed E-state index contributed by atoms with van der Waals surface area (Å²) in [6.45, 7) is 0. The summed E-state index contributed by atoms with van der Waals surface area (Å²) < 4.78 is 0. The van der Waals surface area contributed by atoms with Crippen LogP contribution in [0, 0.1) is 17.2 Å². The minimum absolute atomic E-state index is 0.197. The van der Waals surface area contributed by atoms with Gasteiger partial charge >= 0.3 is 0 Å². The van der Waals surface area contributed by atoms with Gasteiger partial charge in [-0.3, -0.25) is 5.10 Å². The molecule has 0 radical (unpaired) electrons. The van der Waals surface area contributed by atoms with Crippen molar-refractivity contribution in [2.24, 2.45) is 5.92 Å². The molecule has 0 aromatic carbocycles. The van der Waals surface area contributed by atoms with E-state index in [-0.39, 0.29) is 5.92 Å². The molecule has 1 atom stereocenters. The summed E-state index contributed by atoms with van der Waals surface area (Å²) >= 11 is 0. The molecule has 2 rings (SSSR count). The van der Waals surface area contributed by atoms with Crippen molar-refractivity contribution in [1.29, 1.82) is 5.26 Å². The van der Waals surface area contributed by atoms with Gasteiger partial charge in [0.15, 0.2) is 0 Å². The maximum Gasteiger partial charge on any atom is 0.0659 e.